The lowest BCUT2D eigenvalue weighted by molar-refractivity contribution is -0.136. The number of nitrogens with one attached hydrogen (secondary N) is 2. The molecule has 0 aliphatic carbocycles. The average molecular weight is 408 g/mol. The Kier molecular flexibility index (Phi) is 6.92. The highest BCUT2D eigenvalue weighted by Crippen LogP contribution is 2.18. The van der Waals surface area contributed by atoms with Crippen molar-refractivity contribution < 1.29 is 19.1 Å². The molecule has 3 rings (SSSR count). The van der Waals surface area contributed by atoms with Crippen LogP contribution in [0.2, 0.25) is 0 Å². The predicted molar refractivity (Wildman–Crippen MR) is 113 cm³/mol. The van der Waals surface area contributed by atoms with Crippen LogP contribution in [0.3, 0.4) is 0 Å². The second-order valence-electron chi connectivity index (χ2n) is 6.96. The normalized spacial score (nSPS) is 13.9. The number of hydrogen-bond acceptors (Lipinski definition) is 5. The molecule has 2 aromatic rings. The molecule has 1 fully saturated rings. The van der Waals surface area contributed by atoms with E-state index in [1.807, 2.05) is 32.0 Å². The molecule has 3 amide bonds. The van der Waals surface area contributed by atoms with E-state index in [4.69, 9.17) is 4.74 Å². The Morgan fingerprint density at radius 2 is 1.77 bits per heavy atom. The number of anilines is 1. The summed E-state index contributed by atoms with van der Waals surface area (Å²) >= 11 is 0. The number of nitrogens with zero attached hydrogens (tertiary/aromatic N) is 2. The van der Waals surface area contributed by atoms with Gasteiger partial charge in [-0.2, -0.15) is 5.10 Å². The van der Waals surface area contributed by atoms with Crippen molar-refractivity contribution >= 4 is 29.6 Å². The van der Waals surface area contributed by atoms with E-state index in [1.54, 1.807) is 29.2 Å². The number of carbonyl (C=O) groups is 3. The van der Waals surface area contributed by atoms with E-state index in [-0.39, 0.29) is 11.6 Å². The molecule has 0 saturated carbocycles. The first kappa shape index (κ1) is 21.2. The third kappa shape index (κ3) is 5.30. The zero-order chi connectivity index (χ0) is 21.5. The minimum absolute atomic E-state index is 0.220. The smallest absolute Gasteiger partial charge is 0.329 e. The maximum absolute atomic E-state index is 12.8. The second kappa shape index (κ2) is 9.80. The predicted octanol–water partition coefficient (Wildman–Crippen LogP) is 1.86. The largest absolute Gasteiger partial charge is 0.378 e. The van der Waals surface area contributed by atoms with E-state index < -0.39 is 11.8 Å². The van der Waals surface area contributed by atoms with Crippen molar-refractivity contribution in [2.45, 2.75) is 13.8 Å². The minimum atomic E-state index is -0.926. The van der Waals surface area contributed by atoms with Gasteiger partial charge in [-0.05, 0) is 37.1 Å². The van der Waals surface area contributed by atoms with E-state index in [0.717, 1.165) is 16.7 Å². The zero-order valence-electron chi connectivity index (χ0n) is 17.0. The average Bonchev–Trinajstić information content (AvgIpc) is 2.75. The van der Waals surface area contributed by atoms with Crippen LogP contribution in [-0.2, 0) is 14.3 Å². The fourth-order valence-electron chi connectivity index (χ4n) is 3.08. The summed E-state index contributed by atoms with van der Waals surface area (Å²) in [5.41, 5.74) is 5.77. The third-order valence-corrected chi connectivity index (χ3v) is 4.71. The number of hydrogen-bond donors (Lipinski definition) is 2. The summed E-state index contributed by atoms with van der Waals surface area (Å²) in [6.45, 7) is 5.83. The van der Waals surface area contributed by atoms with Crippen LogP contribution < -0.4 is 10.7 Å². The van der Waals surface area contributed by atoms with Gasteiger partial charge in [0, 0.05) is 13.1 Å². The van der Waals surface area contributed by atoms with Gasteiger partial charge in [0.15, 0.2) is 0 Å². The molecular formula is C22H24N4O4. The highest BCUT2D eigenvalue weighted by molar-refractivity contribution is 6.40. The van der Waals surface area contributed by atoms with Gasteiger partial charge < -0.3 is 15.0 Å². The van der Waals surface area contributed by atoms with Gasteiger partial charge >= 0.3 is 11.8 Å². The molecule has 2 N–H and O–H groups in total. The molecule has 1 aliphatic rings. The van der Waals surface area contributed by atoms with E-state index >= 15 is 0 Å². The maximum Gasteiger partial charge on any atom is 0.329 e. The first-order chi connectivity index (χ1) is 14.5. The second-order valence-corrected chi connectivity index (χ2v) is 6.96. The Morgan fingerprint density at radius 1 is 1.03 bits per heavy atom. The Labute approximate surface area is 174 Å². The molecule has 1 saturated heterocycles. The van der Waals surface area contributed by atoms with Crippen LogP contribution in [0.4, 0.5) is 5.69 Å². The maximum atomic E-state index is 12.8. The summed E-state index contributed by atoms with van der Waals surface area (Å²) in [7, 11) is 0. The summed E-state index contributed by atoms with van der Waals surface area (Å²) < 4.78 is 5.26. The molecule has 0 bridgehead atoms. The summed E-state index contributed by atoms with van der Waals surface area (Å²) in [5.74, 6) is -2.05. The summed E-state index contributed by atoms with van der Waals surface area (Å²) in [4.78, 5) is 38.8. The fraction of sp³-hybridized carbons (Fsp3) is 0.273. The molecule has 0 spiro atoms. The van der Waals surface area contributed by atoms with Crippen LogP contribution in [0.1, 0.15) is 27.0 Å². The molecule has 0 unspecified atom stereocenters. The van der Waals surface area contributed by atoms with E-state index in [2.05, 4.69) is 15.8 Å². The number of aryl methyl sites for hydroxylation is 2. The van der Waals surface area contributed by atoms with Crippen LogP contribution in [-0.4, -0.2) is 55.1 Å². The fourth-order valence-corrected chi connectivity index (χ4v) is 3.08. The topological polar surface area (TPSA) is 100 Å². The number of morpholine rings is 1. The van der Waals surface area contributed by atoms with E-state index in [1.165, 1.54) is 6.21 Å². The number of hydrazone groups is 1. The number of amides is 3. The SMILES string of the molecule is Cc1ccc(/C=N/NC(=O)C(=O)Nc2ccccc2C(=O)N2CCOCC2)c(C)c1. The standard InChI is InChI=1S/C22H24N4O4/c1-15-7-8-17(16(2)13-15)14-23-25-21(28)20(27)24-19-6-4-3-5-18(19)22(29)26-9-11-30-12-10-26/h3-8,13-14H,9-12H2,1-2H3,(H,24,27)(H,25,28)/b23-14+. The summed E-state index contributed by atoms with van der Waals surface area (Å²) in [6, 6.07) is 12.4. The highest BCUT2D eigenvalue weighted by Gasteiger charge is 2.22. The lowest BCUT2D eigenvalue weighted by Gasteiger charge is -2.27. The number of ether oxygens (including phenoxy) is 1. The van der Waals surface area contributed by atoms with Gasteiger partial charge in [-0.25, -0.2) is 5.43 Å². The number of carbonyl (C=O) groups excluding carboxylic acids is 3. The van der Waals surface area contributed by atoms with Crippen molar-refractivity contribution in [2.24, 2.45) is 5.10 Å². The van der Waals surface area contributed by atoms with E-state index in [0.29, 0.717) is 31.9 Å². The molecular weight excluding hydrogens is 384 g/mol. The van der Waals surface area contributed by atoms with Crippen molar-refractivity contribution in [3.8, 4) is 0 Å². The molecule has 0 atom stereocenters. The van der Waals surface area contributed by atoms with Crippen molar-refractivity contribution in [1.29, 1.82) is 0 Å². The Bertz CT molecular complexity index is 981. The van der Waals surface area contributed by atoms with Gasteiger partial charge in [0.1, 0.15) is 0 Å². The molecule has 30 heavy (non-hydrogen) atoms. The highest BCUT2D eigenvalue weighted by atomic mass is 16.5. The van der Waals surface area contributed by atoms with Crippen molar-refractivity contribution in [1.82, 2.24) is 10.3 Å². The third-order valence-electron chi connectivity index (χ3n) is 4.71. The molecule has 8 heteroatoms. The van der Waals surface area contributed by atoms with Crippen LogP contribution >= 0.6 is 0 Å². The van der Waals surface area contributed by atoms with Crippen molar-refractivity contribution in [3.05, 3.63) is 64.7 Å². The lowest BCUT2D eigenvalue weighted by atomic mass is 10.1. The molecule has 0 radical (unpaired) electrons. The Morgan fingerprint density at radius 3 is 2.50 bits per heavy atom. The van der Waals surface area contributed by atoms with Crippen LogP contribution in [0, 0.1) is 13.8 Å². The van der Waals surface area contributed by atoms with Gasteiger partial charge in [-0.15, -0.1) is 0 Å². The van der Waals surface area contributed by atoms with Crippen LogP contribution in [0.15, 0.2) is 47.6 Å². The van der Waals surface area contributed by atoms with Crippen LogP contribution in [0.5, 0.6) is 0 Å². The number of benzene rings is 2. The summed E-state index contributed by atoms with van der Waals surface area (Å²) in [5, 5.41) is 6.35. The van der Waals surface area contributed by atoms with Crippen molar-refractivity contribution in [3.63, 3.8) is 0 Å². The van der Waals surface area contributed by atoms with Gasteiger partial charge in [0.25, 0.3) is 5.91 Å². The van der Waals surface area contributed by atoms with Gasteiger partial charge in [-0.1, -0.05) is 35.9 Å². The van der Waals surface area contributed by atoms with Gasteiger partial charge in [-0.3, -0.25) is 14.4 Å². The van der Waals surface area contributed by atoms with Gasteiger partial charge in [0.05, 0.1) is 30.7 Å². The minimum Gasteiger partial charge on any atom is -0.378 e. The molecule has 1 aliphatic heterocycles. The Balaban J connectivity index is 1.63. The Hall–Kier alpha value is -3.52. The number of para-hydroxylation sites is 1. The molecule has 0 aromatic heterocycles. The quantitative estimate of drug-likeness (QED) is 0.458. The molecule has 156 valence electrons. The lowest BCUT2D eigenvalue weighted by Crippen LogP contribution is -2.41. The zero-order valence-corrected chi connectivity index (χ0v) is 17.0. The van der Waals surface area contributed by atoms with E-state index in [9.17, 15) is 14.4 Å². The molecule has 1 heterocycles. The first-order valence-electron chi connectivity index (χ1n) is 9.63. The summed E-state index contributed by atoms with van der Waals surface area (Å²) in [6.07, 6.45) is 1.48. The van der Waals surface area contributed by atoms with Crippen LogP contribution in [0.25, 0.3) is 0 Å². The number of rotatable bonds is 4. The van der Waals surface area contributed by atoms with Gasteiger partial charge in [0.2, 0.25) is 0 Å². The molecule has 2 aromatic carbocycles. The molecule has 8 nitrogen and oxygen atoms in total. The van der Waals surface area contributed by atoms with Crippen molar-refractivity contribution in [2.75, 3.05) is 31.6 Å². The first-order valence-corrected chi connectivity index (χ1v) is 9.63. The monoisotopic (exact) mass is 408 g/mol.